The summed E-state index contributed by atoms with van der Waals surface area (Å²) < 4.78 is 83.5. The molecule has 0 atom stereocenters. The van der Waals surface area contributed by atoms with E-state index >= 15 is 0 Å². The Kier molecular flexibility index (Phi) is 6.67. The minimum atomic E-state index is -4.99. The maximum atomic E-state index is 13.3. The summed E-state index contributed by atoms with van der Waals surface area (Å²) in [6.45, 7) is 2.40. The highest BCUT2D eigenvalue weighted by Crippen LogP contribution is 2.40. The van der Waals surface area contributed by atoms with Gasteiger partial charge in [-0.05, 0) is 24.6 Å². The molecular weight excluding hydrogens is 374 g/mol. The monoisotopic (exact) mass is 392 g/mol. The molecular formula is C18H18F6N2O. The van der Waals surface area contributed by atoms with Gasteiger partial charge in [0.1, 0.15) is 0 Å². The standard InChI is InChI=1S/C18H18F6N2O/c1-2-3-4-5-10-27-15-8-9-25-16(26-15)13-7-6-12(17(19,20)21)11-14(13)18(22,23)24/h6-9,11H,2-5,10H2,1H3. The zero-order chi connectivity index (χ0) is 20.1. The molecule has 2 aromatic rings. The molecule has 148 valence electrons. The molecule has 0 saturated carbocycles. The lowest BCUT2D eigenvalue weighted by Crippen LogP contribution is -2.12. The van der Waals surface area contributed by atoms with Crippen molar-refractivity contribution >= 4 is 0 Å². The van der Waals surface area contributed by atoms with Crippen LogP contribution in [0.4, 0.5) is 26.3 Å². The van der Waals surface area contributed by atoms with Crippen LogP contribution in [0, 0.1) is 0 Å². The molecule has 1 aromatic heterocycles. The molecule has 0 aliphatic rings. The molecule has 0 bridgehead atoms. The second kappa shape index (κ2) is 8.58. The van der Waals surface area contributed by atoms with Crippen molar-refractivity contribution in [1.82, 2.24) is 9.97 Å². The van der Waals surface area contributed by atoms with Crippen LogP contribution in [0.1, 0.15) is 43.7 Å². The Hall–Kier alpha value is -2.32. The zero-order valence-corrected chi connectivity index (χ0v) is 14.5. The largest absolute Gasteiger partial charge is 0.478 e. The maximum absolute atomic E-state index is 13.3. The van der Waals surface area contributed by atoms with Gasteiger partial charge in [-0.1, -0.05) is 26.2 Å². The number of aromatic nitrogens is 2. The summed E-state index contributed by atoms with van der Waals surface area (Å²) in [6, 6.07) is 2.76. The fraction of sp³-hybridized carbons (Fsp3) is 0.444. The van der Waals surface area contributed by atoms with Gasteiger partial charge in [-0.15, -0.1) is 0 Å². The third-order valence-corrected chi connectivity index (χ3v) is 3.77. The number of hydrogen-bond donors (Lipinski definition) is 0. The van der Waals surface area contributed by atoms with Gasteiger partial charge in [0, 0.05) is 17.8 Å². The highest BCUT2D eigenvalue weighted by molar-refractivity contribution is 5.62. The third kappa shape index (κ3) is 5.83. The van der Waals surface area contributed by atoms with E-state index in [4.69, 9.17) is 4.74 Å². The van der Waals surface area contributed by atoms with Gasteiger partial charge in [-0.2, -0.15) is 31.3 Å². The third-order valence-electron chi connectivity index (χ3n) is 3.77. The van der Waals surface area contributed by atoms with Crippen LogP contribution in [-0.4, -0.2) is 16.6 Å². The second-order valence-corrected chi connectivity index (χ2v) is 5.88. The molecule has 0 radical (unpaired) electrons. The van der Waals surface area contributed by atoms with Crippen molar-refractivity contribution in [2.75, 3.05) is 6.61 Å². The molecule has 0 N–H and O–H groups in total. The van der Waals surface area contributed by atoms with Gasteiger partial charge in [0.05, 0.1) is 17.7 Å². The van der Waals surface area contributed by atoms with Crippen LogP contribution in [0.3, 0.4) is 0 Å². The Bertz CT molecular complexity index is 758. The number of hydrogen-bond acceptors (Lipinski definition) is 3. The molecule has 1 heterocycles. The lowest BCUT2D eigenvalue weighted by atomic mass is 10.0. The van der Waals surface area contributed by atoms with Gasteiger partial charge in [0.15, 0.2) is 5.82 Å². The Morgan fingerprint density at radius 1 is 0.926 bits per heavy atom. The fourth-order valence-corrected chi connectivity index (χ4v) is 2.41. The SMILES string of the molecule is CCCCCCOc1ccnc(-c2ccc(C(F)(F)F)cc2C(F)(F)F)n1. The first-order valence-corrected chi connectivity index (χ1v) is 8.37. The molecule has 0 unspecified atom stereocenters. The molecule has 0 fully saturated rings. The van der Waals surface area contributed by atoms with Crippen molar-refractivity contribution < 1.29 is 31.1 Å². The van der Waals surface area contributed by atoms with Crippen molar-refractivity contribution in [3.63, 3.8) is 0 Å². The Morgan fingerprint density at radius 2 is 1.67 bits per heavy atom. The van der Waals surface area contributed by atoms with E-state index in [-0.39, 0.29) is 17.8 Å². The van der Waals surface area contributed by atoms with Crippen LogP contribution >= 0.6 is 0 Å². The predicted molar refractivity (Wildman–Crippen MR) is 87.1 cm³/mol. The summed E-state index contributed by atoms with van der Waals surface area (Å²) in [5.41, 5.74) is -3.37. The van der Waals surface area contributed by atoms with Crippen molar-refractivity contribution in [1.29, 1.82) is 0 Å². The van der Waals surface area contributed by atoms with E-state index in [2.05, 4.69) is 16.9 Å². The van der Waals surface area contributed by atoms with Gasteiger partial charge < -0.3 is 4.74 Å². The van der Waals surface area contributed by atoms with E-state index in [1.807, 2.05) is 0 Å². The average Bonchev–Trinajstić information content (AvgIpc) is 2.60. The molecule has 9 heteroatoms. The van der Waals surface area contributed by atoms with Gasteiger partial charge in [-0.3, -0.25) is 0 Å². The molecule has 27 heavy (non-hydrogen) atoms. The normalized spacial score (nSPS) is 12.3. The number of nitrogens with zero attached hydrogens (tertiary/aromatic N) is 2. The molecule has 3 nitrogen and oxygen atoms in total. The quantitative estimate of drug-likeness (QED) is 0.419. The van der Waals surface area contributed by atoms with Crippen LogP contribution in [0.2, 0.25) is 0 Å². The summed E-state index contributed by atoms with van der Waals surface area (Å²) in [5, 5.41) is 0. The van der Waals surface area contributed by atoms with Crippen LogP contribution in [0.25, 0.3) is 11.4 Å². The minimum Gasteiger partial charge on any atom is -0.478 e. The predicted octanol–water partition coefficient (Wildman–Crippen LogP) is 6.14. The minimum absolute atomic E-state index is 0.0664. The van der Waals surface area contributed by atoms with Crippen LogP contribution < -0.4 is 4.74 Å². The van der Waals surface area contributed by atoms with Crippen molar-refractivity contribution in [2.24, 2.45) is 0 Å². The molecule has 0 aliphatic carbocycles. The van der Waals surface area contributed by atoms with Crippen molar-refractivity contribution in [3.05, 3.63) is 41.6 Å². The lowest BCUT2D eigenvalue weighted by molar-refractivity contribution is -0.142. The van der Waals surface area contributed by atoms with E-state index < -0.39 is 29.0 Å². The zero-order valence-electron chi connectivity index (χ0n) is 14.5. The Balaban J connectivity index is 2.30. The molecule has 0 spiro atoms. The van der Waals surface area contributed by atoms with Gasteiger partial charge in [-0.25, -0.2) is 4.98 Å². The van der Waals surface area contributed by atoms with E-state index in [1.165, 1.54) is 12.3 Å². The maximum Gasteiger partial charge on any atom is 0.417 e. The smallest absolute Gasteiger partial charge is 0.417 e. The summed E-state index contributed by atoms with van der Waals surface area (Å²) in [5.74, 6) is -0.272. The molecule has 1 aromatic carbocycles. The van der Waals surface area contributed by atoms with Gasteiger partial charge >= 0.3 is 12.4 Å². The summed E-state index contributed by atoms with van der Waals surface area (Å²) in [4.78, 5) is 7.67. The number of rotatable bonds is 7. The first kappa shape index (κ1) is 21.0. The molecule has 0 amide bonds. The van der Waals surface area contributed by atoms with E-state index in [9.17, 15) is 26.3 Å². The second-order valence-electron chi connectivity index (χ2n) is 5.88. The number of alkyl halides is 6. The van der Waals surface area contributed by atoms with Gasteiger partial charge in [0.25, 0.3) is 0 Å². The number of ether oxygens (including phenoxy) is 1. The summed E-state index contributed by atoms with van der Waals surface area (Å²) in [6.07, 6.45) is -4.86. The van der Waals surface area contributed by atoms with Crippen LogP contribution in [0.15, 0.2) is 30.5 Å². The van der Waals surface area contributed by atoms with E-state index in [0.29, 0.717) is 12.7 Å². The molecule has 0 saturated heterocycles. The lowest BCUT2D eigenvalue weighted by Gasteiger charge is -2.15. The summed E-state index contributed by atoms with van der Waals surface area (Å²) in [7, 11) is 0. The van der Waals surface area contributed by atoms with E-state index in [1.54, 1.807) is 0 Å². The average molecular weight is 392 g/mol. The molecule has 0 aliphatic heterocycles. The van der Waals surface area contributed by atoms with E-state index in [0.717, 1.165) is 31.7 Å². The Morgan fingerprint density at radius 3 is 2.30 bits per heavy atom. The first-order chi connectivity index (χ1) is 12.6. The van der Waals surface area contributed by atoms with Crippen LogP contribution in [0.5, 0.6) is 5.88 Å². The molecule has 2 rings (SSSR count). The Labute approximate surface area is 152 Å². The first-order valence-electron chi connectivity index (χ1n) is 8.37. The number of halogens is 6. The van der Waals surface area contributed by atoms with Crippen LogP contribution in [-0.2, 0) is 12.4 Å². The number of benzene rings is 1. The van der Waals surface area contributed by atoms with Crippen molar-refractivity contribution in [2.45, 2.75) is 45.0 Å². The van der Waals surface area contributed by atoms with Crippen molar-refractivity contribution in [3.8, 4) is 17.3 Å². The topological polar surface area (TPSA) is 35.0 Å². The highest BCUT2D eigenvalue weighted by atomic mass is 19.4. The number of unbranched alkanes of at least 4 members (excludes halogenated alkanes) is 3. The fourth-order valence-electron chi connectivity index (χ4n) is 2.41. The highest BCUT2D eigenvalue weighted by Gasteiger charge is 2.38. The van der Waals surface area contributed by atoms with Gasteiger partial charge in [0.2, 0.25) is 5.88 Å². The summed E-state index contributed by atoms with van der Waals surface area (Å²) >= 11 is 0.